The summed E-state index contributed by atoms with van der Waals surface area (Å²) < 4.78 is 81.9. The van der Waals surface area contributed by atoms with Crippen LogP contribution in [0.3, 0.4) is 0 Å². The van der Waals surface area contributed by atoms with Crippen molar-refractivity contribution in [1.29, 1.82) is 0 Å². The van der Waals surface area contributed by atoms with Gasteiger partial charge in [0.15, 0.2) is 5.41 Å². The Labute approximate surface area is 250 Å². The predicted octanol–water partition coefficient (Wildman–Crippen LogP) is 9.84. The maximum Gasteiger partial charge on any atom is 0.406 e. The Balaban J connectivity index is 1.49. The van der Waals surface area contributed by atoms with Crippen LogP contribution in [-0.4, -0.2) is 36.2 Å². The SMILES string of the molecule is CC1CCC(C(=O)N2CCC(Sc3cccc(-c4ccsc4)c3)(c3ccc(C(C)(C(F)(F)F)C(F)(F)F)cc3)C2)CC1. The van der Waals surface area contributed by atoms with Crippen molar-refractivity contribution < 1.29 is 31.1 Å². The fourth-order valence-corrected chi connectivity index (χ4v) is 8.22. The van der Waals surface area contributed by atoms with Crippen LogP contribution in [0.2, 0.25) is 0 Å². The lowest BCUT2D eigenvalue weighted by atomic mass is 9.80. The summed E-state index contributed by atoms with van der Waals surface area (Å²) in [4.78, 5) is 16.3. The molecule has 1 aromatic heterocycles. The molecule has 1 atom stereocenters. The molecule has 2 nitrogen and oxygen atoms in total. The van der Waals surface area contributed by atoms with Crippen molar-refractivity contribution in [2.45, 2.75) is 73.4 Å². The summed E-state index contributed by atoms with van der Waals surface area (Å²) in [5.41, 5.74) is -2.16. The smallest absolute Gasteiger partial charge is 0.341 e. The first-order valence-electron chi connectivity index (χ1n) is 14.1. The van der Waals surface area contributed by atoms with E-state index in [0.29, 0.717) is 31.0 Å². The molecule has 0 spiro atoms. The minimum Gasteiger partial charge on any atom is -0.341 e. The molecule has 226 valence electrons. The molecular weight excluding hydrogens is 592 g/mol. The maximum atomic E-state index is 13.8. The van der Waals surface area contributed by atoms with Crippen LogP contribution in [0.15, 0.2) is 70.3 Å². The molecular formula is C32H33F6NOS2. The molecule has 0 bridgehead atoms. The molecule has 10 heteroatoms. The van der Waals surface area contributed by atoms with Gasteiger partial charge in [0.2, 0.25) is 5.91 Å². The van der Waals surface area contributed by atoms with Gasteiger partial charge in [-0.2, -0.15) is 37.7 Å². The number of benzene rings is 2. The van der Waals surface area contributed by atoms with E-state index in [4.69, 9.17) is 0 Å². The zero-order valence-corrected chi connectivity index (χ0v) is 25.0. The van der Waals surface area contributed by atoms with Crippen LogP contribution in [0.4, 0.5) is 26.3 Å². The van der Waals surface area contributed by atoms with E-state index in [1.54, 1.807) is 11.3 Å². The quantitative estimate of drug-likeness (QED) is 0.254. The van der Waals surface area contributed by atoms with E-state index >= 15 is 0 Å². The highest BCUT2D eigenvalue weighted by molar-refractivity contribution is 8.00. The van der Waals surface area contributed by atoms with E-state index < -0.39 is 28.1 Å². The third-order valence-electron chi connectivity index (χ3n) is 9.03. The average molecular weight is 626 g/mol. The molecule has 42 heavy (non-hydrogen) atoms. The molecule has 2 heterocycles. The number of halogens is 6. The third-order valence-corrected chi connectivity index (χ3v) is 11.2. The van der Waals surface area contributed by atoms with Gasteiger partial charge in [0.05, 0.1) is 4.75 Å². The lowest BCUT2D eigenvalue weighted by molar-refractivity contribution is -0.297. The maximum absolute atomic E-state index is 13.8. The van der Waals surface area contributed by atoms with Gasteiger partial charge in [-0.15, -0.1) is 11.8 Å². The largest absolute Gasteiger partial charge is 0.406 e. The number of amides is 1. The van der Waals surface area contributed by atoms with Gasteiger partial charge < -0.3 is 4.90 Å². The number of hydrogen-bond donors (Lipinski definition) is 0. The molecule has 1 aliphatic carbocycles. The summed E-state index contributed by atoms with van der Waals surface area (Å²) in [6.07, 6.45) is -6.84. The summed E-state index contributed by atoms with van der Waals surface area (Å²) in [5.74, 6) is 0.635. The first kappa shape index (κ1) is 31.0. The first-order valence-corrected chi connectivity index (χ1v) is 15.8. The summed E-state index contributed by atoms with van der Waals surface area (Å²) in [6.45, 7) is 3.19. The van der Waals surface area contributed by atoms with Crippen LogP contribution in [-0.2, 0) is 15.0 Å². The molecule has 1 saturated carbocycles. The summed E-state index contributed by atoms with van der Waals surface area (Å²) in [7, 11) is 0. The van der Waals surface area contributed by atoms with E-state index in [0.717, 1.165) is 53.8 Å². The number of thioether (sulfide) groups is 1. The van der Waals surface area contributed by atoms with Crippen molar-refractivity contribution in [2.24, 2.45) is 11.8 Å². The first-order chi connectivity index (χ1) is 19.7. The van der Waals surface area contributed by atoms with Gasteiger partial charge in [0, 0.05) is 23.9 Å². The Morgan fingerprint density at radius 1 is 0.929 bits per heavy atom. The average Bonchev–Trinajstić information content (AvgIpc) is 3.63. The summed E-state index contributed by atoms with van der Waals surface area (Å²) in [5, 5.41) is 4.03. The Bertz CT molecular complexity index is 1360. The second-order valence-electron chi connectivity index (χ2n) is 11.8. The van der Waals surface area contributed by atoms with E-state index in [9.17, 15) is 31.1 Å². The van der Waals surface area contributed by atoms with Gasteiger partial charge in [-0.3, -0.25) is 4.79 Å². The Kier molecular flexibility index (Phi) is 8.53. The van der Waals surface area contributed by atoms with Crippen LogP contribution >= 0.6 is 23.1 Å². The van der Waals surface area contributed by atoms with E-state index in [1.165, 1.54) is 23.9 Å². The molecule has 2 aromatic carbocycles. The Morgan fingerprint density at radius 3 is 2.19 bits per heavy atom. The van der Waals surface area contributed by atoms with Gasteiger partial charge in [0.25, 0.3) is 0 Å². The lowest BCUT2D eigenvalue weighted by Crippen LogP contribution is -2.51. The number of nitrogens with zero attached hydrogens (tertiary/aromatic N) is 1. The van der Waals surface area contributed by atoms with E-state index in [2.05, 4.69) is 6.92 Å². The zero-order valence-electron chi connectivity index (χ0n) is 23.4. The third kappa shape index (κ3) is 5.85. The zero-order chi connectivity index (χ0) is 30.3. The number of rotatable bonds is 6. The topological polar surface area (TPSA) is 20.3 Å². The number of carbonyl (C=O) groups excluding carboxylic acids is 1. The fourth-order valence-electron chi connectivity index (χ4n) is 6.10. The molecule has 0 radical (unpaired) electrons. The number of alkyl halides is 6. The number of likely N-dealkylation sites (tertiary alicyclic amines) is 1. The standard InChI is InChI=1S/C32H33F6NOS2/c1-21-6-8-22(9-7-21)28(40)39-16-15-30(20-39,42-27-5-3-4-23(18-27)24-14-17-41-19-24)26-12-10-25(11-13-26)29(2,31(33,34)35)32(36,37)38/h3-5,10-14,17-19,21-22H,6-9,15-16,20H2,1-2H3. The second-order valence-corrected chi connectivity index (χ2v) is 14.0. The molecule has 1 unspecified atom stereocenters. The summed E-state index contributed by atoms with van der Waals surface area (Å²) in [6, 6.07) is 14.6. The van der Waals surface area contributed by atoms with E-state index in [-0.39, 0.29) is 18.7 Å². The van der Waals surface area contributed by atoms with Gasteiger partial charge in [-0.25, -0.2) is 0 Å². The van der Waals surface area contributed by atoms with Crippen LogP contribution in [0.5, 0.6) is 0 Å². The van der Waals surface area contributed by atoms with Crippen LogP contribution in [0, 0.1) is 11.8 Å². The van der Waals surface area contributed by atoms with Crippen molar-refractivity contribution in [2.75, 3.05) is 13.1 Å². The van der Waals surface area contributed by atoms with Gasteiger partial charge in [-0.05, 0) is 96.2 Å². The number of carbonyl (C=O) groups is 1. The Morgan fingerprint density at radius 2 is 1.60 bits per heavy atom. The van der Waals surface area contributed by atoms with Gasteiger partial charge in [0.1, 0.15) is 0 Å². The summed E-state index contributed by atoms with van der Waals surface area (Å²) >= 11 is 3.10. The van der Waals surface area contributed by atoms with Crippen molar-refractivity contribution in [3.8, 4) is 11.1 Å². The molecule has 1 saturated heterocycles. The molecule has 0 N–H and O–H groups in total. The lowest BCUT2D eigenvalue weighted by Gasteiger charge is -2.35. The minimum atomic E-state index is -5.52. The minimum absolute atomic E-state index is 0.0504. The van der Waals surface area contributed by atoms with Gasteiger partial charge in [-0.1, -0.05) is 43.3 Å². The molecule has 1 aliphatic heterocycles. The predicted molar refractivity (Wildman–Crippen MR) is 156 cm³/mol. The van der Waals surface area contributed by atoms with Crippen molar-refractivity contribution >= 4 is 29.0 Å². The van der Waals surface area contributed by atoms with Crippen LogP contribution in [0.1, 0.15) is 57.1 Å². The fraction of sp³-hybridized carbons (Fsp3) is 0.469. The van der Waals surface area contributed by atoms with E-state index in [1.807, 2.05) is 46.0 Å². The molecule has 3 aromatic rings. The van der Waals surface area contributed by atoms with Crippen molar-refractivity contribution in [1.82, 2.24) is 4.90 Å². The Hall–Kier alpha value is -2.46. The van der Waals surface area contributed by atoms with Crippen LogP contribution in [0.25, 0.3) is 11.1 Å². The highest BCUT2D eigenvalue weighted by Gasteiger charge is 2.68. The molecule has 2 fully saturated rings. The number of thiophene rings is 1. The number of hydrogen-bond acceptors (Lipinski definition) is 3. The molecule has 2 aliphatic rings. The monoisotopic (exact) mass is 625 g/mol. The second kappa shape index (κ2) is 11.6. The van der Waals surface area contributed by atoms with Crippen molar-refractivity contribution in [3.63, 3.8) is 0 Å². The normalized spacial score (nSPS) is 23.8. The van der Waals surface area contributed by atoms with Gasteiger partial charge >= 0.3 is 12.4 Å². The van der Waals surface area contributed by atoms with Crippen LogP contribution < -0.4 is 0 Å². The highest BCUT2D eigenvalue weighted by atomic mass is 32.2. The molecule has 5 rings (SSSR count). The molecule has 1 amide bonds. The van der Waals surface area contributed by atoms with Crippen molar-refractivity contribution in [3.05, 3.63) is 76.5 Å². The highest BCUT2D eigenvalue weighted by Crippen LogP contribution is 2.53.